The third kappa shape index (κ3) is 6.30. The van der Waals surface area contributed by atoms with E-state index in [0.717, 1.165) is 0 Å². The zero-order valence-corrected chi connectivity index (χ0v) is 8.30. The first-order chi connectivity index (χ1) is 6.79. The van der Waals surface area contributed by atoms with Crippen LogP contribution >= 0.6 is 0 Å². The molecule has 0 radical (unpaired) electrons. The van der Waals surface area contributed by atoms with Gasteiger partial charge < -0.3 is 10.2 Å². The normalized spacial score (nSPS) is 8.00. The molecule has 0 bridgehead atoms. The second-order valence-corrected chi connectivity index (χ2v) is 2.63. The average molecular weight is 195 g/mol. The van der Waals surface area contributed by atoms with Crippen LogP contribution in [-0.2, 0) is 0 Å². The summed E-state index contributed by atoms with van der Waals surface area (Å²) in [5.74, 6) is 0.144. The van der Waals surface area contributed by atoms with Crippen LogP contribution in [0.4, 0.5) is 0 Å². The van der Waals surface area contributed by atoms with E-state index in [1.165, 1.54) is 24.3 Å². The van der Waals surface area contributed by atoms with Crippen molar-refractivity contribution in [2.45, 2.75) is 0 Å². The maximum absolute atomic E-state index is 10.3. The van der Waals surface area contributed by atoms with Crippen molar-refractivity contribution in [3.05, 3.63) is 60.7 Å². The fourth-order valence-corrected chi connectivity index (χ4v) is 0.841. The molecule has 15 heavy (non-hydrogen) atoms. The summed E-state index contributed by atoms with van der Waals surface area (Å²) in [7, 11) is 0. The van der Waals surface area contributed by atoms with Gasteiger partial charge in [0, 0.05) is 0 Å². The molecule has 0 saturated heterocycles. The van der Waals surface area contributed by atoms with Gasteiger partial charge in [0.25, 0.3) is 0 Å². The Labute approximate surface area is 93.0 Å². The van der Waals surface area contributed by atoms with E-state index in [4.69, 9.17) is 0 Å². The zero-order chi connectivity index (χ0) is 10.2. The Kier molecular flexibility index (Phi) is 6.69. The summed E-state index contributed by atoms with van der Waals surface area (Å²) in [6.45, 7) is 0. The monoisotopic (exact) mass is 195 g/mol. The van der Waals surface area contributed by atoms with Gasteiger partial charge in [-0.1, -0.05) is 60.7 Å². The smallest absolute Gasteiger partial charge is 0.872 e. The van der Waals surface area contributed by atoms with Crippen molar-refractivity contribution in [1.29, 1.82) is 0 Å². The molecule has 0 N–H and O–H groups in total. The number of hydrogen-bond donors (Lipinski definition) is 0. The van der Waals surface area contributed by atoms with Crippen LogP contribution in [0.2, 0.25) is 0 Å². The Balaban J connectivity index is 0.000000245. The first kappa shape index (κ1) is 13.2. The first-order valence-electron chi connectivity index (χ1n) is 4.23. The number of benzene rings is 2. The van der Waals surface area contributed by atoms with Crippen LogP contribution < -0.4 is 10.2 Å². The van der Waals surface area contributed by atoms with Crippen molar-refractivity contribution in [2.75, 3.05) is 0 Å². The Bertz CT molecular complexity index is 311. The molecule has 0 heterocycles. The van der Waals surface area contributed by atoms with Crippen LogP contribution in [0.3, 0.4) is 0 Å². The first-order valence-corrected chi connectivity index (χ1v) is 4.23. The topological polar surface area (TPSA) is 46.1 Å². The fraction of sp³-hybridized carbons (Fsp3) is 0. The van der Waals surface area contributed by atoms with Gasteiger partial charge in [0.05, 0.1) is 0 Å². The van der Waals surface area contributed by atoms with Crippen molar-refractivity contribution in [2.24, 2.45) is 0 Å². The third-order valence-corrected chi connectivity index (χ3v) is 1.49. The molecular weight excluding hydrogens is 185 g/mol. The van der Waals surface area contributed by atoms with E-state index in [1.807, 2.05) is 12.1 Å². The van der Waals surface area contributed by atoms with E-state index < -0.39 is 0 Å². The molecule has 0 unspecified atom stereocenters. The SMILES string of the molecule is [Be+2].[O-]c1ccccc1.[O-]c1ccccc1. The van der Waals surface area contributed by atoms with Crippen molar-refractivity contribution in [3.63, 3.8) is 0 Å². The van der Waals surface area contributed by atoms with Crippen molar-refractivity contribution in [3.8, 4) is 11.5 Å². The largest absolute Gasteiger partial charge is 2.00 e. The second-order valence-electron chi connectivity index (χ2n) is 2.63. The predicted octanol–water partition coefficient (Wildman–Crippen LogP) is 1.14. The van der Waals surface area contributed by atoms with Crippen LogP contribution in [0.1, 0.15) is 0 Å². The van der Waals surface area contributed by atoms with Gasteiger partial charge in [-0.3, -0.25) is 0 Å². The van der Waals surface area contributed by atoms with E-state index in [0.29, 0.717) is 0 Å². The Morgan fingerprint density at radius 1 is 0.533 bits per heavy atom. The minimum atomic E-state index is 0. The second kappa shape index (κ2) is 7.60. The summed E-state index contributed by atoms with van der Waals surface area (Å²) in [4.78, 5) is 0. The molecule has 0 saturated carbocycles. The van der Waals surface area contributed by atoms with E-state index in [-0.39, 0.29) is 21.6 Å². The van der Waals surface area contributed by atoms with E-state index in [1.54, 1.807) is 24.3 Å². The molecule has 0 atom stereocenters. The van der Waals surface area contributed by atoms with Gasteiger partial charge in [-0.15, -0.1) is 11.5 Å². The minimum Gasteiger partial charge on any atom is -0.872 e. The van der Waals surface area contributed by atoms with Crippen molar-refractivity contribution < 1.29 is 10.2 Å². The van der Waals surface area contributed by atoms with Gasteiger partial charge in [-0.05, 0) is 0 Å². The standard InChI is InChI=1S/2C6H6O.Be/c2*7-6-4-2-1-3-5-6;/h2*1-5,7H;/q;;+2/p-2. The molecule has 3 heteroatoms. The van der Waals surface area contributed by atoms with Crippen LogP contribution in [0.15, 0.2) is 60.7 Å². The number of para-hydroxylation sites is 2. The van der Waals surface area contributed by atoms with Gasteiger partial charge in [0.15, 0.2) is 0 Å². The van der Waals surface area contributed by atoms with Gasteiger partial charge in [-0.2, -0.15) is 0 Å². The Morgan fingerprint density at radius 3 is 0.933 bits per heavy atom. The summed E-state index contributed by atoms with van der Waals surface area (Å²) < 4.78 is 0. The molecule has 2 nitrogen and oxygen atoms in total. The summed E-state index contributed by atoms with van der Waals surface area (Å²) in [6, 6.07) is 16.7. The summed E-state index contributed by atoms with van der Waals surface area (Å²) in [6.07, 6.45) is 0. The minimum absolute atomic E-state index is 0. The molecule has 0 spiro atoms. The molecule has 0 amide bonds. The zero-order valence-electron chi connectivity index (χ0n) is 8.30. The molecule has 0 aliphatic carbocycles. The molecule has 0 aliphatic rings. The summed E-state index contributed by atoms with van der Waals surface area (Å²) in [5.41, 5.74) is 0. The molecule has 72 valence electrons. The summed E-state index contributed by atoms with van der Waals surface area (Å²) >= 11 is 0. The van der Waals surface area contributed by atoms with Gasteiger partial charge in [0.2, 0.25) is 0 Å². The Morgan fingerprint density at radius 2 is 0.800 bits per heavy atom. The van der Waals surface area contributed by atoms with E-state index in [2.05, 4.69) is 0 Å². The van der Waals surface area contributed by atoms with Gasteiger partial charge in [-0.25, -0.2) is 0 Å². The molecule has 2 rings (SSSR count). The molecule has 2 aromatic rings. The Hall–Kier alpha value is -1.79. The van der Waals surface area contributed by atoms with Crippen LogP contribution in [-0.4, -0.2) is 10.1 Å². The van der Waals surface area contributed by atoms with Crippen LogP contribution in [0.25, 0.3) is 0 Å². The predicted molar refractivity (Wildman–Crippen MR) is 57.5 cm³/mol. The van der Waals surface area contributed by atoms with Crippen molar-refractivity contribution in [1.82, 2.24) is 0 Å². The summed E-state index contributed by atoms with van der Waals surface area (Å²) in [5, 5.41) is 20.5. The third-order valence-electron chi connectivity index (χ3n) is 1.49. The molecular formula is C12H10BeO2. The molecule has 0 aliphatic heterocycles. The molecule has 2 aromatic carbocycles. The average Bonchev–Trinajstić information content (AvgIpc) is 2.21. The maximum atomic E-state index is 10.3. The van der Waals surface area contributed by atoms with Crippen LogP contribution in [0.5, 0.6) is 11.5 Å². The number of hydrogen-bond acceptors (Lipinski definition) is 2. The van der Waals surface area contributed by atoms with Gasteiger partial charge in [0.1, 0.15) is 0 Å². The molecule has 0 fully saturated rings. The fourth-order valence-electron chi connectivity index (χ4n) is 0.841. The van der Waals surface area contributed by atoms with Crippen LogP contribution in [0, 0.1) is 0 Å². The van der Waals surface area contributed by atoms with Crippen molar-refractivity contribution >= 4 is 10.1 Å². The molecule has 0 aromatic heterocycles. The van der Waals surface area contributed by atoms with Gasteiger partial charge >= 0.3 is 10.1 Å². The van der Waals surface area contributed by atoms with E-state index in [9.17, 15) is 10.2 Å². The quantitative estimate of drug-likeness (QED) is 0.592. The maximum Gasteiger partial charge on any atom is 2.00 e. The number of rotatable bonds is 0. The van der Waals surface area contributed by atoms with E-state index >= 15 is 0 Å².